The number of nitrogens with two attached hydrogens (primary N) is 1. The zero-order chi connectivity index (χ0) is 20.9. The molecule has 9 heteroatoms. The zero-order valence-corrected chi connectivity index (χ0v) is 14.7. The maximum Gasteiger partial charge on any atom is 0.416 e. The largest absolute Gasteiger partial charge is 0.427 e. The first-order chi connectivity index (χ1) is 13.1. The van der Waals surface area contributed by atoms with Crippen LogP contribution in [0.3, 0.4) is 0 Å². The molecule has 0 spiro atoms. The summed E-state index contributed by atoms with van der Waals surface area (Å²) in [5.74, 6) is -2.03. The average Bonchev–Trinajstić information content (AvgIpc) is 2.60. The third-order valence-corrected chi connectivity index (χ3v) is 3.70. The van der Waals surface area contributed by atoms with Gasteiger partial charge in [0, 0.05) is 18.9 Å². The number of rotatable bonds is 6. The van der Waals surface area contributed by atoms with Crippen LogP contribution in [-0.2, 0) is 22.2 Å². The molecule has 2 amide bonds. The molecule has 0 saturated carbocycles. The Labute approximate surface area is 158 Å². The van der Waals surface area contributed by atoms with Crippen LogP contribution in [0.4, 0.5) is 13.2 Å². The lowest BCUT2D eigenvalue weighted by Crippen LogP contribution is -2.45. The fourth-order valence-electron chi connectivity index (χ4n) is 2.44. The van der Waals surface area contributed by atoms with Crippen molar-refractivity contribution >= 4 is 17.8 Å². The summed E-state index contributed by atoms with van der Waals surface area (Å²) < 4.78 is 43.4. The Morgan fingerprint density at radius 1 is 1.11 bits per heavy atom. The molecule has 148 valence electrons. The summed E-state index contributed by atoms with van der Waals surface area (Å²) in [6, 6.07) is 8.83. The van der Waals surface area contributed by atoms with Crippen LogP contribution in [0.5, 0.6) is 5.75 Å². The van der Waals surface area contributed by atoms with Crippen molar-refractivity contribution in [1.29, 1.82) is 0 Å². The fraction of sp³-hybridized carbons (Fsp3) is 0.211. The van der Waals surface area contributed by atoms with Crippen LogP contribution >= 0.6 is 0 Å². The van der Waals surface area contributed by atoms with E-state index in [9.17, 15) is 27.6 Å². The van der Waals surface area contributed by atoms with Gasteiger partial charge in [0.15, 0.2) is 0 Å². The number of alkyl halides is 3. The Kier molecular flexibility index (Phi) is 6.40. The number of benzene rings is 2. The predicted octanol–water partition coefficient (Wildman–Crippen LogP) is 2.46. The number of esters is 1. The molecule has 0 heterocycles. The molecule has 0 radical (unpaired) electrons. The minimum atomic E-state index is -4.53. The van der Waals surface area contributed by atoms with Crippen molar-refractivity contribution in [2.24, 2.45) is 5.73 Å². The Bertz CT molecular complexity index is 897. The van der Waals surface area contributed by atoms with Gasteiger partial charge in [-0.25, -0.2) is 0 Å². The van der Waals surface area contributed by atoms with Gasteiger partial charge in [0.05, 0.1) is 5.56 Å². The van der Waals surface area contributed by atoms with Gasteiger partial charge in [0.1, 0.15) is 11.8 Å². The molecule has 2 aromatic rings. The first-order valence-corrected chi connectivity index (χ1v) is 8.11. The normalized spacial score (nSPS) is 12.1. The second kappa shape index (κ2) is 8.55. The molecular formula is C19H17F3N2O4. The summed E-state index contributed by atoms with van der Waals surface area (Å²) in [5, 5.41) is 2.38. The smallest absolute Gasteiger partial charge is 0.416 e. The Balaban J connectivity index is 2.16. The van der Waals surface area contributed by atoms with E-state index < -0.39 is 35.6 Å². The lowest BCUT2D eigenvalue weighted by Gasteiger charge is -2.17. The Hall–Kier alpha value is -3.36. The molecule has 6 nitrogen and oxygen atoms in total. The predicted molar refractivity (Wildman–Crippen MR) is 93.3 cm³/mol. The van der Waals surface area contributed by atoms with Crippen molar-refractivity contribution < 1.29 is 32.3 Å². The van der Waals surface area contributed by atoms with Gasteiger partial charge in [-0.05, 0) is 29.8 Å². The summed E-state index contributed by atoms with van der Waals surface area (Å²) in [4.78, 5) is 35.1. The van der Waals surface area contributed by atoms with Gasteiger partial charge in [-0.15, -0.1) is 0 Å². The number of carbonyl (C=O) groups excluding carboxylic acids is 3. The quantitative estimate of drug-likeness (QED) is 0.581. The number of hydrogen-bond donors (Lipinski definition) is 2. The molecule has 0 saturated heterocycles. The van der Waals surface area contributed by atoms with Crippen LogP contribution < -0.4 is 15.8 Å². The van der Waals surface area contributed by atoms with Gasteiger partial charge in [-0.1, -0.05) is 24.3 Å². The summed E-state index contributed by atoms with van der Waals surface area (Å²) in [7, 11) is 0. The highest BCUT2D eigenvalue weighted by Gasteiger charge is 2.30. The van der Waals surface area contributed by atoms with Crippen LogP contribution in [0.15, 0.2) is 48.5 Å². The van der Waals surface area contributed by atoms with Gasteiger partial charge >= 0.3 is 12.1 Å². The highest BCUT2D eigenvalue weighted by atomic mass is 19.4. The first kappa shape index (κ1) is 20.9. The van der Waals surface area contributed by atoms with Gasteiger partial charge in [-0.2, -0.15) is 13.2 Å². The van der Waals surface area contributed by atoms with Crippen molar-refractivity contribution in [3.05, 3.63) is 65.2 Å². The molecular weight excluding hydrogens is 377 g/mol. The molecule has 0 bridgehead atoms. The lowest BCUT2D eigenvalue weighted by atomic mass is 10.0. The zero-order valence-electron chi connectivity index (χ0n) is 14.7. The molecule has 28 heavy (non-hydrogen) atoms. The van der Waals surface area contributed by atoms with Gasteiger partial charge < -0.3 is 15.8 Å². The summed E-state index contributed by atoms with van der Waals surface area (Å²) >= 11 is 0. The number of nitrogens with one attached hydrogen (secondary N) is 1. The SMILES string of the molecule is CC(=O)Oc1cccc(C(=O)N[C@@H](Cc2cccc(C(F)(F)F)c2)C(N)=O)c1. The number of halogens is 3. The fourth-order valence-corrected chi connectivity index (χ4v) is 2.44. The van der Waals surface area contributed by atoms with Crippen molar-refractivity contribution in [2.45, 2.75) is 25.6 Å². The van der Waals surface area contributed by atoms with Crippen LogP contribution in [0, 0.1) is 0 Å². The van der Waals surface area contributed by atoms with Gasteiger partial charge in [0.25, 0.3) is 5.91 Å². The molecule has 0 aliphatic carbocycles. The second-order valence-corrected chi connectivity index (χ2v) is 5.95. The van der Waals surface area contributed by atoms with E-state index >= 15 is 0 Å². The molecule has 3 N–H and O–H groups in total. The van der Waals surface area contributed by atoms with Crippen molar-refractivity contribution in [3.8, 4) is 5.75 Å². The van der Waals surface area contributed by atoms with E-state index in [4.69, 9.17) is 10.5 Å². The van der Waals surface area contributed by atoms with Gasteiger partial charge in [-0.3, -0.25) is 14.4 Å². The topological polar surface area (TPSA) is 98.5 Å². The number of ether oxygens (including phenoxy) is 1. The third kappa shape index (κ3) is 5.83. The van der Waals surface area contributed by atoms with E-state index in [0.29, 0.717) is 0 Å². The molecule has 1 atom stereocenters. The Morgan fingerprint density at radius 2 is 1.79 bits per heavy atom. The summed E-state index contributed by atoms with van der Waals surface area (Å²) in [6.07, 6.45) is -4.74. The highest BCUT2D eigenvalue weighted by molar-refractivity contribution is 5.97. The average molecular weight is 394 g/mol. The minimum absolute atomic E-state index is 0.0917. The van der Waals surface area contributed by atoms with Crippen molar-refractivity contribution in [1.82, 2.24) is 5.32 Å². The van der Waals surface area contributed by atoms with E-state index in [1.54, 1.807) is 0 Å². The molecule has 0 fully saturated rings. The summed E-state index contributed by atoms with van der Waals surface area (Å²) in [5.41, 5.74) is 4.70. The van der Waals surface area contributed by atoms with Crippen molar-refractivity contribution in [2.75, 3.05) is 0 Å². The summed E-state index contributed by atoms with van der Waals surface area (Å²) in [6.45, 7) is 1.20. The monoisotopic (exact) mass is 394 g/mol. The van der Waals surface area contributed by atoms with E-state index in [-0.39, 0.29) is 23.3 Å². The number of primary amides is 1. The lowest BCUT2D eigenvalue weighted by molar-refractivity contribution is -0.137. The minimum Gasteiger partial charge on any atom is -0.427 e. The van der Waals surface area contributed by atoms with Crippen LogP contribution in [0.2, 0.25) is 0 Å². The van der Waals surface area contributed by atoms with E-state index in [0.717, 1.165) is 12.1 Å². The highest BCUT2D eigenvalue weighted by Crippen LogP contribution is 2.29. The Morgan fingerprint density at radius 3 is 2.39 bits per heavy atom. The van der Waals surface area contributed by atoms with Gasteiger partial charge in [0.2, 0.25) is 5.91 Å². The number of carbonyl (C=O) groups is 3. The molecule has 0 unspecified atom stereocenters. The van der Waals surface area contributed by atoms with E-state index in [1.165, 1.54) is 43.3 Å². The van der Waals surface area contributed by atoms with E-state index in [1.807, 2.05) is 0 Å². The van der Waals surface area contributed by atoms with Crippen LogP contribution in [0.25, 0.3) is 0 Å². The first-order valence-electron chi connectivity index (χ1n) is 8.11. The van der Waals surface area contributed by atoms with E-state index in [2.05, 4.69) is 5.32 Å². The maximum absolute atomic E-state index is 12.8. The van der Waals surface area contributed by atoms with Crippen LogP contribution in [0.1, 0.15) is 28.4 Å². The molecule has 0 aliphatic rings. The molecule has 2 rings (SSSR count). The maximum atomic E-state index is 12.8. The van der Waals surface area contributed by atoms with Crippen molar-refractivity contribution in [3.63, 3.8) is 0 Å². The van der Waals surface area contributed by atoms with Crippen LogP contribution in [-0.4, -0.2) is 23.8 Å². The molecule has 0 aromatic heterocycles. The molecule has 0 aliphatic heterocycles. The number of hydrogen-bond acceptors (Lipinski definition) is 4. The third-order valence-electron chi connectivity index (χ3n) is 3.70. The molecule has 2 aromatic carbocycles. The number of amides is 2. The standard InChI is InChI=1S/C19H17F3N2O4/c1-11(25)28-15-7-3-5-13(10-15)18(27)24-16(17(23)26)9-12-4-2-6-14(8-12)19(20,21)22/h2-8,10,16H,9H2,1H3,(H2,23,26)(H,24,27)/t16-/m0/s1. The second-order valence-electron chi connectivity index (χ2n) is 5.95.